The zero-order valence-electron chi connectivity index (χ0n) is 14.0. The van der Waals surface area contributed by atoms with Gasteiger partial charge in [-0.25, -0.2) is 4.98 Å². The summed E-state index contributed by atoms with van der Waals surface area (Å²) in [6, 6.07) is 10.6. The van der Waals surface area contributed by atoms with Gasteiger partial charge in [-0.3, -0.25) is 10.1 Å². The molecule has 2 aromatic rings. The average Bonchev–Trinajstić information content (AvgIpc) is 2.61. The van der Waals surface area contributed by atoms with Gasteiger partial charge in [0.1, 0.15) is 5.75 Å². The molecule has 25 heavy (non-hydrogen) atoms. The second kappa shape index (κ2) is 8.89. The molecule has 1 N–H and O–H groups in total. The smallest absolute Gasteiger partial charge is 0.274 e. The predicted molar refractivity (Wildman–Crippen MR) is 96.0 cm³/mol. The van der Waals surface area contributed by atoms with Crippen LogP contribution in [-0.2, 0) is 6.54 Å². The summed E-state index contributed by atoms with van der Waals surface area (Å²) < 4.78 is 5.64. The van der Waals surface area contributed by atoms with Gasteiger partial charge in [-0.1, -0.05) is 17.7 Å². The molecule has 0 atom stereocenters. The number of hydrogen-bond donors (Lipinski definition) is 1. The van der Waals surface area contributed by atoms with Crippen molar-refractivity contribution in [1.82, 2.24) is 15.2 Å². The normalized spacial score (nSPS) is 11.1. The topological polar surface area (TPSA) is 80.5 Å². The van der Waals surface area contributed by atoms with E-state index < -0.39 is 4.92 Å². The van der Waals surface area contributed by atoms with Crippen molar-refractivity contribution in [3.05, 3.63) is 75.3 Å². The fraction of sp³-hybridized carbons (Fsp3) is 0.235. The van der Waals surface area contributed by atoms with Crippen molar-refractivity contribution in [2.45, 2.75) is 13.5 Å². The van der Waals surface area contributed by atoms with Crippen LogP contribution >= 0.6 is 11.6 Å². The molecule has 0 fully saturated rings. The maximum atomic E-state index is 10.7. The fourth-order valence-electron chi connectivity index (χ4n) is 2.18. The number of rotatable bonds is 8. The average molecular weight is 363 g/mol. The first-order valence-electron chi connectivity index (χ1n) is 7.68. The van der Waals surface area contributed by atoms with Gasteiger partial charge in [0.2, 0.25) is 5.88 Å². The Labute approximate surface area is 151 Å². The number of nitro groups is 1. The van der Waals surface area contributed by atoms with Gasteiger partial charge in [0.15, 0.2) is 5.82 Å². The highest BCUT2D eigenvalue weighted by Crippen LogP contribution is 2.21. The Morgan fingerprint density at radius 2 is 2.08 bits per heavy atom. The summed E-state index contributed by atoms with van der Waals surface area (Å²) in [6.45, 7) is 3.03. The summed E-state index contributed by atoms with van der Waals surface area (Å²) in [5.74, 6) is 1.55. The van der Waals surface area contributed by atoms with E-state index in [0.717, 1.165) is 11.8 Å². The SMILES string of the molecule is CCN(Cc1ccc(Oc2ccc(Cl)cc2)nc1)C(=C[N+](=O)[O-])NC. The van der Waals surface area contributed by atoms with Crippen LogP contribution in [0.2, 0.25) is 5.02 Å². The summed E-state index contributed by atoms with van der Waals surface area (Å²) in [5, 5.41) is 14.2. The molecule has 0 saturated carbocycles. The van der Waals surface area contributed by atoms with E-state index in [1.54, 1.807) is 43.6 Å². The molecule has 0 spiro atoms. The molecule has 2 rings (SSSR count). The Bertz CT molecular complexity index is 733. The minimum absolute atomic E-state index is 0.439. The molecule has 1 aromatic heterocycles. The molecule has 8 heteroatoms. The molecule has 0 aliphatic rings. The molecule has 0 bridgehead atoms. The van der Waals surface area contributed by atoms with E-state index in [-0.39, 0.29) is 0 Å². The third-order valence-corrected chi connectivity index (χ3v) is 3.67. The quantitative estimate of drug-likeness (QED) is 0.570. The van der Waals surface area contributed by atoms with Gasteiger partial charge in [-0.15, -0.1) is 0 Å². The molecule has 7 nitrogen and oxygen atoms in total. The maximum Gasteiger partial charge on any atom is 0.274 e. The highest BCUT2D eigenvalue weighted by atomic mass is 35.5. The van der Waals surface area contributed by atoms with Crippen LogP contribution in [0.25, 0.3) is 0 Å². The van der Waals surface area contributed by atoms with E-state index in [9.17, 15) is 10.1 Å². The molecule has 1 heterocycles. The molecule has 0 radical (unpaired) electrons. The lowest BCUT2D eigenvalue weighted by molar-refractivity contribution is -0.404. The number of hydrogen-bond acceptors (Lipinski definition) is 6. The second-order valence-electron chi connectivity index (χ2n) is 5.12. The van der Waals surface area contributed by atoms with Crippen molar-refractivity contribution in [3.8, 4) is 11.6 Å². The van der Waals surface area contributed by atoms with E-state index in [1.807, 2.05) is 17.9 Å². The molecule has 0 amide bonds. The maximum absolute atomic E-state index is 10.7. The van der Waals surface area contributed by atoms with Crippen LogP contribution in [0.4, 0.5) is 0 Å². The Hall–Kier alpha value is -2.80. The van der Waals surface area contributed by atoms with Crippen LogP contribution in [0.15, 0.2) is 54.6 Å². The number of nitrogens with one attached hydrogen (secondary N) is 1. The number of pyridine rings is 1. The van der Waals surface area contributed by atoms with Crippen LogP contribution in [0.1, 0.15) is 12.5 Å². The van der Waals surface area contributed by atoms with E-state index in [1.165, 1.54) is 0 Å². The zero-order valence-corrected chi connectivity index (χ0v) is 14.7. The summed E-state index contributed by atoms with van der Waals surface area (Å²) in [5.41, 5.74) is 0.912. The van der Waals surface area contributed by atoms with E-state index in [2.05, 4.69) is 10.3 Å². The molecule has 132 valence electrons. The van der Waals surface area contributed by atoms with Crippen molar-refractivity contribution in [2.75, 3.05) is 13.6 Å². The molecule has 0 aliphatic heterocycles. The van der Waals surface area contributed by atoms with Gasteiger partial charge >= 0.3 is 0 Å². The highest BCUT2D eigenvalue weighted by molar-refractivity contribution is 6.30. The number of aromatic nitrogens is 1. The molecular weight excluding hydrogens is 344 g/mol. The third-order valence-electron chi connectivity index (χ3n) is 3.41. The Morgan fingerprint density at radius 3 is 2.60 bits per heavy atom. The zero-order chi connectivity index (χ0) is 18.2. The monoisotopic (exact) mass is 362 g/mol. The first-order valence-corrected chi connectivity index (χ1v) is 8.06. The lowest BCUT2D eigenvalue weighted by Gasteiger charge is -2.23. The van der Waals surface area contributed by atoms with Crippen LogP contribution in [0.3, 0.4) is 0 Å². The largest absolute Gasteiger partial charge is 0.439 e. The minimum Gasteiger partial charge on any atom is -0.439 e. The van der Waals surface area contributed by atoms with Crippen molar-refractivity contribution in [2.24, 2.45) is 0 Å². The van der Waals surface area contributed by atoms with Gasteiger partial charge in [0.25, 0.3) is 6.20 Å². The lowest BCUT2D eigenvalue weighted by Crippen LogP contribution is -2.30. The van der Waals surface area contributed by atoms with Crippen molar-refractivity contribution < 1.29 is 9.66 Å². The Balaban J connectivity index is 2.05. The van der Waals surface area contributed by atoms with Gasteiger partial charge in [-0.2, -0.15) is 0 Å². The van der Waals surface area contributed by atoms with E-state index >= 15 is 0 Å². The standard InChI is InChI=1S/C17H19ClN4O3/c1-3-21(16(19-2)12-22(23)24)11-13-4-9-17(20-10-13)25-15-7-5-14(18)6-8-15/h4-10,12,19H,3,11H2,1-2H3. The second-order valence-corrected chi connectivity index (χ2v) is 5.56. The predicted octanol–water partition coefficient (Wildman–Crippen LogP) is 3.64. The number of halogens is 1. The number of benzene rings is 1. The Morgan fingerprint density at radius 1 is 1.36 bits per heavy atom. The van der Waals surface area contributed by atoms with Gasteiger partial charge in [0, 0.05) is 37.4 Å². The molecule has 0 aliphatic carbocycles. The van der Waals surface area contributed by atoms with Gasteiger partial charge < -0.3 is 15.0 Å². The molecule has 0 unspecified atom stereocenters. The summed E-state index contributed by atoms with van der Waals surface area (Å²) in [6.07, 6.45) is 2.64. The minimum atomic E-state index is -0.476. The number of ether oxygens (including phenoxy) is 1. The van der Waals surface area contributed by atoms with Crippen LogP contribution in [-0.4, -0.2) is 28.4 Å². The van der Waals surface area contributed by atoms with Crippen molar-refractivity contribution in [1.29, 1.82) is 0 Å². The fourth-order valence-corrected chi connectivity index (χ4v) is 2.31. The first-order chi connectivity index (χ1) is 12.0. The van der Waals surface area contributed by atoms with Gasteiger partial charge in [0.05, 0.1) is 4.92 Å². The van der Waals surface area contributed by atoms with Crippen LogP contribution < -0.4 is 10.1 Å². The summed E-state index contributed by atoms with van der Waals surface area (Å²) in [4.78, 5) is 16.4. The summed E-state index contributed by atoms with van der Waals surface area (Å²) in [7, 11) is 1.65. The van der Waals surface area contributed by atoms with Crippen LogP contribution in [0.5, 0.6) is 11.6 Å². The number of nitrogens with zero attached hydrogens (tertiary/aromatic N) is 3. The third kappa shape index (κ3) is 5.65. The van der Waals surface area contributed by atoms with Gasteiger partial charge in [-0.05, 0) is 36.8 Å². The van der Waals surface area contributed by atoms with E-state index in [4.69, 9.17) is 16.3 Å². The van der Waals surface area contributed by atoms with Crippen molar-refractivity contribution in [3.63, 3.8) is 0 Å². The molecular formula is C17H19ClN4O3. The highest BCUT2D eigenvalue weighted by Gasteiger charge is 2.11. The molecule has 0 saturated heterocycles. The van der Waals surface area contributed by atoms with Crippen molar-refractivity contribution >= 4 is 11.6 Å². The first kappa shape index (κ1) is 18.5. The lowest BCUT2D eigenvalue weighted by atomic mass is 10.2. The van der Waals surface area contributed by atoms with E-state index in [0.29, 0.717) is 35.6 Å². The summed E-state index contributed by atoms with van der Waals surface area (Å²) >= 11 is 5.84. The van der Waals surface area contributed by atoms with Crippen LogP contribution in [0, 0.1) is 10.1 Å². The Kier molecular flexibility index (Phi) is 6.59. The molecule has 1 aromatic carbocycles.